The highest BCUT2D eigenvalue weighted by molar-refractivity contribution is 14.1. The lowest BCUT2D eigenvalue weighted by atomic mass is 10.2. The molecule has 74 valence electrons. The van der Waals surface area contributed by atoms with E-state index >= 15 is 0 Å². The fourth-order valence-electron chi connectivity index (χ4n) is 1.37. The van der Waals surface area contributed by atoms with Crippen LogP contribution < -0.4 is 0 Å². The first-order chi connectivity index (χ1) is 6.76. The largest absolute Gasteiger partial charge is 0.143 e. The minimum atomic E-state index is 0.936. The Morgan fingerprint density at radius 1 is 1.50 bits per heavy atom. The molecule has 1 heterocycles. The Balaban J connectivity index is 2.72. The van der Waals surface area contributed by atoms with Crippen molar-refractivity contribution in [2.24, 2.45) is 0 Å². The van der Waals surface area contributed by atoms with Gasteiger partial charge in [0.05, 0.1) is 0 Å². The zero-order valence-corrected chi connectivity index (χ0v) is 12.9. The number of alkyl halides is 1. The van der Waals surface area contributed by atoms with E-state index in [4.69, 9.17) is 0 Å². The molecule has 0 atom stereocenters. The van der Waals surface area contributed by atoms with Crippen LogP contribution >= 0.6 is 61.6 Å². The van der Waals surface area contributed by atoms with Gasteiger partial charge in [0, 0.05) is 29.3 Å². The summed E-state index contributed by atoms with van der Waals surface area (Å²) in [5.41, 5.74) is 1.36. The second-order valence-electron chi connectivity index (χ2n) is 2.89. The van der Waals surface area contributed by atoms with Gasteiger partial charge in [0.1, 0.15) is 0 Å². The molecule has 2 aromatic rings. The molecular formula is C10H8BrIS2. The van der Waals surface area contributed by atoms with Crippen molar-refractivity contribution >= 4 is 71.7 Å². The maximum absolute atomic E-state index is 3.50. The van der Waals surface area contributed by atoms with Crippen molar-refractivity contribution in [3.63, 3.8) is 0 Å². The fraction of sp³-hybridized carbons (Fsp3) is 0.200. The average molecular weight is 399 g/mol. The van der Waals surface area contributed by atoms with E-state index in [-0.39, 0.29) is 0 Å². The monoisotopic (exact) mass is 398 g/mol. The van der Waals surface area contributed by atoms with Crippen LogP contribution in [0.25, 0.3) is 10.1 Å². The Morgan fingerprint density at radius 3 is 2.93 bits per heavy atom. The van der Waals surface area contributed by atoms with Crippen LogP contribution in [0.2, 0.25) is 0 Å². The second kappa shape index (κ2) is 4.72. The normalized spacial score (nSPS) is 11.1. The molecule has 0 amide bonds. The third-order valence-corrected chi connectivity index (χ3v) is 5.37. The smallest absolute Gasteiger partial charge is 0.0368 e. The van der Waals surface area contributed by atoms with Crippen molar-refractivity contribution in [2.45, 2.75) is 10.2 Å². The van der Waals surface area contributed by atoms with Crippen LogP contribution in [0.15, 0.2) is 22.4 Å². The Morgan fingerprint density at radius 2 is 2.29 bits per heavy atom. The molecule has 2 rings (SSSR count). The molecule has 14 heavy (non-hydrogen) atoms. The van der Waals surface area contributed by atoms with E-state index in [0.29, 0.717) is 0 Å². The quantitative estimate of drug-likeness (QED) is 0.384. The average Bonchev–Trinajstić information content (AvgIpc) is 2.61. The molecular weight excluding hydrogens is 391 g/mol. The van der Waals surface area contributed by atoms with Crippen molar-refractivity contribution < 1.29 is 0 Å². The van der Waals surface area contributed by atoms with Crippen molar-refractivity contribution in [2.75, 3.05) is 6.26 Å². The molecule has 0 nitrogen and oxygen atoms in total. The topological polar surface area (TPSA) is 0 Å². The van der Waals surface area contributed by atoms with Crippen LogP contribution in [-0.2, 0) is 5.33 Å². The molecule has 0 N–H and O–H groups in total. The van der Waals surface area contributed by atoms with Crippen LogP contribution in [0.5, 0.6) is 0 Å². The van der Waals surface area contributed by atoms with Gasteiger partial charge in [-0.1, -0.05) is 15.9 Å². The van der Waals surface area contributed by atoms with Crippen LogP contribution in [0.3, 0.4) is 0 Å². The van der Waals surface area contributed by atoms with Gasteiger partial charge in [-0.2, -0.15) is 0 Å². The standard InChI is InChI=1S/C10H8BrIS2/c1-13-9-5-14-8-3-6(4-11)2-7(12)10(8)9/h2-3,5H,4H2,1H3. The molecule has 1 aromatic carbocycles. The lowest BCUT2D eigenvalue weighted by Crippen LogP contribution is -1.81. The van der Waals surface area contributed by atoms with E-state index in [0.717, 1.165) is 5.33 Å². The molecule has 0 aliphatic rings. The summed E-state index contributed by atoms with van der Waals surface area (Å²) in [4.78, 5) is 1.40. The maximum atomic E-state index is 3.50. The summed E-state index contributed by atoms with van der Waals surface area (Å²) in [6, 6.07) is 4.53. The van der Waals surface area contributed by atoms with E-state index < -0.39 is 0 Å². The number of halogens is 2. The van der Waals surface area contributed by atoms with Gasteiger partial charge < -0.3 is 0 Å². The third kappa shape index (κ3) is 1.99. The van der Waals surface area contributed by atoms with Gasteiger partial charge in [0.15, 0.2) is 0 Å². The number of hydrogen-bond donors (Lipinski definition) is 0. The van der Waals surface area contributed by atoms with Gasteiger partial charge in [-0.05, 0) is 46.5 Å². The van der Waals surface area contributed by atoms with Crippen LogP contribution in [0.1, 0.15) is 5.56 Å². The van der Waals surface area contributed by atoms with E-state index in [9.17, 15) is 0 Å². The lowest BCUT2D eigenvalue weighted by molar-refractivity contribution is 1.45. The molecule has 0 saturated carbocycles. The number of hydrogen-bond acceptors (Lipinski definition) is 2. The summed E-state index contributed by atoms with van der Waals surface area (Å²) in [7, 11) is 0. The van der Waals surface area contributed by atoms with Crippen molar-refractivity contribution in [3.05, 3.63) is 26.6 Å². The molecule has 0 aliphatic heterocycles. The molecule has 0 bridgehead atoms. The van der Waals surface area contributed by atoms with Crippen molar-refractivity contribution in [3.8, 4) is 0 Å². The summed E-state index contributed by atoms with van der Waals surface area (Å²) in [6.45, 7) is 0. The van der Waals surface area contributed by atoms with E-state index in [1.165, 1.54) is 24.1 Å². The highest BCUT2D eigenvalue weighted by Crippen LogP contribution is 2.36. The Hall–Kier alpha value is 0.740. The van der Waals surface area contributed by atoms with Gasteiger partial charge >= 0.3 is 0 Å². The minimum Gasteiger partial charge on any atom is -0.143 e. The first-order valence-electron chi connectivity index (χ1n) is 4.06. The molecule has 0 spiro atoms. The highest BCUT2D eigenvalue weighted by atomic mass is 127. The molecule has 0 fully saturated rings. The maximum Gasteiger partial charge on any atom is 0.0368 e. The van der Waals surface area contributed by atoms with Gasteiger partial charge in [-0.15, -0.1) is 23.1 Å². The fourth-order valence-corrected chi connectivity index (χ4v) is 4.97. The number of benzene rings is 1. The molecule has 0 aliphatic carbocycles. The summed E-state index contributed by atoms with van der Waals surface area (Å²) >= 11 is 9.58. The number of thioether (sulfide) groups is 1. The van der Waals surface area contributed by atoms with Crippen LogP contribution in [0, 0.1) is 3.57 Å². The summed E-state index contributed by atoms with van der Waals surface area (Å²) in [5, 5.41) is 4.61. The van der Waals surface area contributed by atoms with E-state index in [2.05, 4.69) is 62.3 Å². The van der Waals surface area contributed by atoms with Crippen LogP contribution in [0.4, 0.5) is 0 Å². The first kappa shape index (κ1) is 11.2. The Labute approximate surface area is 114 Å². The van der Waals surface area contributed by atoms with Gasteiger partial charge in [0.25, 0.3) is 0 Å². The summed E-state index contributed by atoms with van der Waals surface area (Å²) < 4.78 is 2.76. The highest BCUT2D eigenvalue weighted by Gasteiger charge is 2.08. The zero-order chi connectivity index (χ0) is 10.1. The molecule has 1 aromatic heterocycles. The molecule has 4 heteroatoms. The predicted octanol–water partition coefficient (Wildman–Crippen LogP) is 5.12. The summed E-state index contributed by atoms with van der Waals surface area (Å²) in [6.07, 6.45) is 2.13. The Bertz CT molecular complexity index is 464. The van der Waals surface area contributed by atoms with Crippen LogP contribution in [-0.4, -0.2) is 6.26 Å². The first-order valence-corrected chi connectivity index (χ1v) is 8.36. The lowest BCUT2D eigenvalue weighted by Gasteiger charge is -2.01. The van der Waals surface area contributed by atoms with Gasteiger partial charge in [-0.3, -0.25) is 0 Å². The van der Waals surface area contributed by atoms with Crippen molar-refractivity contribution in [1.29, 1.82) is 0 Å². The predicted molar refractivity (Wildman–Crippen MR) is 79.0 cm³/mol. The van der Waals surface area contributed by atoms with Crippen molar-refractivity contribution in [1.82, 2.24) is 0 Å². The second-order valence-corrected chi connectivity index (χ2v) is 6.37. The third-order valence-electron chi connectivity index (χ3n) is 2.03. The molecule has 0 saturated heterocycles. The number of rotatable bonds is 2. The zero-order valence-electron chi connectivity index (χ0n) is 7.51. The molecule has 0 unspecified atom stereocenters. The number of thiophene rings is 1. The Kier molecular flexibility index (Phi) is 3.79. The van der Waals surface area contributed by atoms with Gasteiger partial charge in [0.2, 0.25) is 0 Å². The van der Waals surface area contributed by atoms with E-state index in [1.807, 2.05) is 23.1 Å². The van der Waals surface area contributed by atoms with E-state index in [1.54, 1.807) is 0 Å². The van der Waals surface area contributed by atoms with Gasteiger partial charge in [-0.25, -0.2) is 0 Å². The summed E-state index contributed by atoms with van der Waals surface area (Å²) in [5.74, 6) is 0. The minimum absolute atomic E-state index is 0.936. The SMILES string of the molecule is CSc1csc2cc(CBr)cc(I)c12. The number of fused-ring (bicyclic) bond motifs is 1. The molecule has 0 radical (unpaired) electrons.